The van der Waals surface area contributed by atoms with E-state index in [-0.39, 0.29) is 12.6 Å². The lowest BCUT2D eigenvalue weighted by Gasteiger charge is -2.33. The summed E-state index contributed by atoms with van der Waals surface area (Å²) in [5.74, 6) is -1.68. The highest BCUT2D eigenvalue weighted by atomic mass is 19.4. The van der Waals surface area contributed by atoms with Crippen molar-refractivity contribution in [2.45, 2.75) is 51.2 Å². The molecule has 15 heavy (non-hydrogen) atoms. The maximum Gasteiger partial charge on any atom is 0.471 e. The molecule has 5 heteroatoms. The molecule has 88 valence electrons. The van der Waals surface area contributed by atoms with Crippen LogP contribution in [0.15, 0.2) is 0 Å². The molecule has 2 nitrogen and oxygen atoms in total. The van der Waals surface area contributed by atoms with Crippen molar-refractivity contribution < 1.29 is 18.0 Å². The van der Waals surface area contributed by atoms with E-state index >= 15 is 0 Å². The highest BCUT2D eigenvalue weighted by Gasteiger charge is 2.44. The van der Waals surface area contributed by atoms with Crippen LogP contribution in [0.25, 0.3) is 0 Å². The highest BCUT2D eigenvalue weighted by Crippen LogP contribution is 2.26. The molecule has 0 aliphatic heterocycles. The summed E-state index contributed by atoms with van der Waals surface area (Å²) < 4.78 is 36.8. The molecule has 0 radical (unpaired) electrons. The first-order valence-corrected chi connectivity index (χ1v) is 5.34. The van der Waals surface area contributed by atoms with E-state index in [1.807, 2.05) is 0 Å². The number of alkyl halides is 3. The van der Waals surface area contributed by atoms with Gasteiger partial charge in [-0.15, -0.1) is 0 Å². The normalized spacial score (nSPS) is 18.9. The third-order valence-electron chi connectivity index (χ3n) is 2.86. The molecule has 0 N–H and O–H groups in total. The molecular formula is C10H16F3NO. The molecule has 0 atom stereocenters. The Morgan fingerprint density at radius 2 is 1.80 bits per heavy atom. The van der Waals surface area contributed by atoms with Crippen LogP contribution in [0, 0.1) is 0 Å². The van der Waals surface area contributed by atoms with Crippen molar-refractivity contribution in [3.8, 4) is 0 Å². The smallest absolute Gasteiger partial charge is 0.332 e. The van der Waals surface area contributed by atoms with Crippen LogP contribution in [0.5, 0.6) is 0 Å². The fraction of sp³-hybridized carbons (Fsp3) is 0.900. The van der Waals surface area contributed by atoms with Gasteiger partial charge in [0.15, 0.2) is 0 Å². The minimum Gasteiger partial charge on any atom is -0.332 e. The number of amides is 1. The Morgan fingerprint density at radius 1 is 1.27 bits per heavy atom. The molecule has 0 aromatic carbocycles. The molecule has 1 aliphatic rings. The van der Waals surface area contributed by atoms with Crippen molar-refractivity contribution in [1.29, 1.82) is 0 Å². The van der Waals surface area contributed by atoms with E-state index < -0.39 is 12.1 Å². The number of carbonyl (C=O) groups is 1. The van der Waals surface area contributed by atoms with Gasteiger partial charge in [0, 0.05) is 12.6 Å². The SMILES string of the molecule is CCN(C(=O)C(F)(F)F)C1CCCCC1. The Kier molecular flexibility index (Phi) is 3.99. The van der Waals surface area contributed by atoms with Crippen LogP contribution in [-0.2, 0) is 4.79 Å². The number of carbonyl (C=O) groups excluding carboxylic acids is 1. The monoisotopic (exact) mass is 223 g/mol. The third kappa shape index (κ3) is 3.11. The number of nitrogens with zero attached hydrogens (tertiary/aromatic N) is 1. The van der Waals surface area contributed by atoms with Gasteiger partial charge in [0.05, 0.1) is 0 Å². The van der Waals surface area contributed by atoms with E-state index in [1.165, 1.54) is 0 Å². The van der Waals surface area contributed by atoms with Gasteiger partial charge < -0.3 is 4.90 Å². The minimum absolute atomic E-state index is 0.142. The molecule has 1 fully saturated rings. The van der Waals surface area contributed by atoms with Gasteiger partial charge in [-0.1, -0.05) is 19.3 Å². The van der Waals surface area contributed by atoms with Crippen molar-refractivity contribution >= 4 is 5.91 Å². The lowest BCUT2D eigenvalue weighted by Crippen LogP contribution is -2.47. The second-order valence-electron chi connectivity index (χ2n) is 3.88. The Hall–Kier alpha value is -0.740. The van der Waals surface area contributed by atoms with Gasteiger partial charge in [-0.2, -0.15) is 13.2 Å². The molecule has 0 heterocycles. The average molecular weight is 223 g/mol. The van der Waals surface area contributed by atoms with E-state index in [2.05, 4.69) is 0 Å². The summed E-state index contributed by atoms with van der Waals surface area (Å²) in [6, 6.07) is -0.210. The molecule has 0 aromatic heterocycles. The third-order valence-corrected chi connectivity index (χ3v) is 2.86. The highest BCUT2D eigenvalue weighted by molar-refractivity contribution is 5.82. The van der Waals surface area contributed by atoms with Gasteiger partial charge in [-0.05, 0) is 19.8 Å². The maximum atomic E-state index is 12.3. The van der Waals surface area contributed by atoms with E-state index in [1.54, 1.807) is 6.92 Å². The lowest BCUT2D eigenvalue weighted by atomic mass is 9.94. The summed E-state index contributed by atoms with van der Waals surface area (Å²) in [7, 11) is 0. The molecule has 1 amide bonds. The Morgan fingerprint density at radius 3 is 2.20 bits per heavy atom. The average Bonchev–Trinajstić information content (AvgIpc) is 2.19. The van der Waals surface area contributed by atoms with Crippen LogP contribution in [0.3, 0.4) is 0 Å². The van der Waals surface area contributed by atoms with Crippen LogP contribution in [-0.4, -0.2) is 29.6 Å². The molecule has 0 spiro atoms. The van der Waals surface area contributed by atoms with E-state index in [0.29, 0.717) is 12.8 Å². The quantitative estimate of drug-likeness (QED) is 0.704. The van der Waals surface area contributed by atoms with Crippen molar-refractivity contribution in [1.82, 2.24) is 4.90 Å². The maximum absolute atomic E-state index is 12.3. The Bertz CT molecular complexity index is 221. The molecule has 1 aliphatic carbocycles. The van der Waals surface area contributed by atoms with Gasteiger partial charge >= 0.3 is 12.1 Å². The predicted molar refractivity (Wildman–Crippen MR) is 50.3 cm³/mol. The Balaban J connectivity index is 2.65. The number of rotatable bonds is 2. The van der Waals surface area contributed by atoms with Crippen LogP contribution < -0.4 is 0 Å². The molecule has 0 unspecified atom stereocenters. The van der Waals surface area contributed by atoms with E-state index in [9.17, 15) is 18.0 Å². The minimum atomic E-state index is -4.73. The molecule has 0 bridgehead atoms. The first kappa shape index (κ1) is 12.3. The number of hydrogen-bond donors (Lipinski definition) is 0. The lowest BCUT2D eigenvalue weighted by molar-refractivity contribution is -0.188. The van der Waals surface area contributed by atoms with Gasteiger partial charge in [0.1, 0.15) is 0 Å². The zero-order chi connectivity index (χ0) is 11.5. The largest absolute Gasteiger partial charge is 0.471 e. The van der Waals surface area contributed by atoms with Gasteiger partial charge in [-0.25, -0.2) is 0 Å². The summed E-state index contributed by atoms with van der Waals surface area (Å²) in [5.41, 5.74) is 0. The zero-order valence-electron chi connectivity index (χ0n) is 8.81. The molecule has 0 saturated heterocycles. The van der Waals surface area contributed by atoms with E-state index in [0.717, 1.165) is 24.2 Å². The Labute approximate surface area is 87.4 Å². The van der Waals surface area contributed by atoms with Crippen molar-refractivity contribution in [3.63, 3.8) is 0 Å². The molecule has 1 rings (SSSR count). The van der Waals surface area contributed by atoms with Gasteiger partial charge in [0.25, 0.3) is 0 Å². The zero-order valence-corrected chi connectivity index (χ0v) is 8.81. The number of halogens is 3. The van der Waals surface area contributed by atoms with Crippen molar-refractivity contribution in [2.75, 3.05) is 6.54 Å². The summed E-state index contributed by atoms with van der Waals surface area (Å²) in [5, 5.41) is 0. The fourth-order valence-electron chi connectivity index (χ4n) is 2.12. The second kappa shape index (κ2) is 4.86. The summed E-state index contributed by atoms with van der Waals surface area (Å²) >= 11 is 0. The van der Waals surface area contributed by atoms with E-state index in [4.69, 9.17) is 0 Å². The number of hydrogen-bond acceptors (Lipinski definition) is 1. The summed E-state index contributed by atoms with van der Waals surface area (Å²) in [6.45, 7) is 1.74. The molecule has 1 saturated carbocycles. The predicted octanol–water partition coefficient (Wildman–Crippen LogP) is 2.73. The standard InChI is InChI=1S/C10H16F3NO/c1-2-14(9(15)10(11,12)13)8-6-4-3-5-7-8/h8H,2-7H2,1H3. The van der Waals surface area contributed by atoms with Crippen LogP contribution in [0.1, 0.15) is 39.0 Å². The summed E-state index contributed by atoms with van der Waals surface area (Å²) in [4.78, 5) is 12.1. The van der Waals surface area contributed by atoms with Gasteiger partial charge in [-0.3, -0.25) is 4.79 Å². The van der Waals surface area contributed by atoms with Crippen molar-refractivity contribution in [2.24, 2.45) is 0 Å². The second-order valence-corrected chi connectivity index (χ2v) is 3.88. The topological polar surface area (TPSA) is 20.3 Å². The molecular weight excluding hydrogens is 207 g/mol. The van der Waals surface area contributed by atoms with Crippen molar-refractivity contribution in [3.05, 3.63) is 0 Å². The molecule has 0 aromatic rings. The first-order valence-electron chi connectivity index (χ1n) is 5.34. The summed E-state index contributed by atoms with van der Waals surface area (Å²) in [6.07, 6.45) is -0.411. The van der Waals surface area contributed by atoms with Crippen LogP contribution in [0.4, 0.5) is 13.2 Å². The first-order chi connectivity index (χ1) is 6.96. The fourth-order valence-corrected chi connectivity index (χ4v) is 2.12. The van der Waals surface area contributed by atoms with Gasteiger partial charge in [0.2, 0.25) is 0 Å². The van der Waals surface area contributed by atoms with Crippen LogP contribution in [0.2, 0.25) is 0 Å². The van der Waals surface area contributed by atoms with Crippen LogP contribution >= 0.6 is 0 Å².